The Morgan fingerprint density at radius 1 is 1.26 bits per heavy atom. The molecular weight excluding hydrogens is 400 g/mol. The van der Waals surface area contributed by atoms with E-state index in [1.165, 1.54) is 7.11 Å². The minimum atomic E-state index is -0.869. The van der Waals surface area contributed by atoms with Crippen LogP contribution in [-0.4, -0.2) is 31.1 Å². The lowest BCUT2D eigenvalue weighted by Gasteiger charge is -2.31. The molecule has 1 aliphatic carbocycles. The summed E-state index contributed by atoms with van der Waals surface area (Å²) in [4.78, 5) is 36.6. The van der Waals surface area contributed by atoms with Crippen molar-refractivity contribution in [2.45, 2.75) is 57.4 Å². The number of hydrogen-bond acceptors (Lipinski definition) is 7. The minimum Gasteiger partial charge on any atom is -0.497 e. The number of nitrogens with one attached hydrogen (secondary N) is 1. The zero-order chi connectivity index (χ0) is 22.4. The zero-order valence-electron chi connectivity index (χ0n) is 17.8. The predicted octanol–water partition coefficient (Wildman–Crippen LogP) is 2.93. The van der Waals surface area contributed by atoms with Crippen LogP contribution in [0.15, 0.2) is 27.4 Å². The highest BCUT2D eigenvalue weighted by Gasteiger charge is 2.33. The molecule has 3 rings (SSSR count). The first kappa shape index (κ1) is 22.3. The number of methoxy groups -OCH3 is 1. The number of fused-ring (bicyclic) bond motifs is 1. The Balaban J connectivity index is 1.57. The first-order valence-corrected chi connectivity index (χ1v) is 10.4. The molecule has 1 aliphatic rings. The van der Waals surface area contributed by atoms with Gasteiger partial charge in [-0.15, -0.1) is 0 Å². The summed E-state index contributed by atoms with van der Waals surface area (Å²) in [6.07, 6.45) is 4.09. The summed E-state index contributed by atoms with van der Waals surface area (Å²) in [6, 6.07) is 7.40. The van der Waals surface area contributed by atoms with Crippen molar-refractivity contribution in [3.05, 3.63) is 39.7 Å². The largest absolute Gasteiger partial charge is 0.497 e. The highest BCUT2D eigenvalue weighted by atomic mass is 16.5. The summed E-state index contributed by atoms with van der Waals surface area (Å²) in [7, 11) is 1.53. The standard InChI is InChI=1S/C23H26N2O6/c1-15-17-7-6-16(29-2)12-19(17)31-22(28)18(15)8-9-21(27)30-13-20(26)25-23(14-24)10-4-3-5-11-23/h6-7,12H,3-5,8-11,13H2,1-2H3,(H,25,26). The molecule has 1 saturated carbocycles. The van der Waals surface area contributed by atoms with Gasteiger partial charge in [0.05, 0.1) is 13.2 Å². The maximum atomic E-state index is 12.4. The molecule has 8 nitrogen and oxygen atoms in total. The number of nitriles is 1. The van der Waals surface area contributed by atoms with E-state index in [-0.39, 0.29) is 12.8 Å². The molecule has 1 aromatic carbocycles. The highest BCUT2D eigenvalue weighted by molar-refractivity contribution is 5.83. The van der Waals surface area contributed by atoms with E-state index in [4.69, 9.17) is 13.9 Å². The van der Waals surface area contributed by atoms with Crippen molar-refractivity contribution in [1.29, 1.82) is 5.26 Å². The van der Waals surface area contributed by atoms with Crippen LogP contribution in [0.1, 0.15) is 49.7 Å². The highest BCUT2D eigenvalue weighted by Crippen LogP contribution is 2.27. The maximum absolute atomic E-state index is 12.4. The van der Waals surface area contributed by atoms with Crippen LogP contribution in [0.3, 0.4) is 0 Å². The SMILES string of the molecule is COc1ccc2c(C)c(CCC(=O)OCC(=O)NC3(C#N)CCCCC3)c(=O)oc2c1. The smallest absolute Gasteiger partial charge is 0.339 e. The molecule has 0 aliphatic heterocycles. The van der Waals surface area contributed by atoms with Crippen LogP contribution in [0.2, 0.25) is 0 Å². The predicted molar refractivity (Wildman–Crippen MR) is 113 cm³/mol. The van der Waals surface area contributed by atoms with E-state index >= 15 is 0 Å². The van der Waals surface area contributed by atoms with Gasteiger partial charge >= 0.3 is 11.6 Å². The number of hydrogen-bond donors (Lipinski definition) is 1. The molecule has 8 heteroatoms. The topological polar surface area (TPSA) is 119 Å². The van der Waals surface area contributed by atoms with Gasteiger partial charge in [-0.05, 0) is 43.9 Å². The van der Waals surface area contributed by atoms with Crippen LogP contribution in [0.25, 0.3) is 11.0 Å². The number of carbonyl (C=O) groups excluding carboxylic acids is 2. The van der Waals surface area contributed by atoms with Gasteiger partial charge in [0.2, 0.25) is 0 Å². The van der Waals surface area contributed by atoms with Crippen molar-refractivity contribution in [2.24, 2.45) is 0 Å². The summed E-state index contributed by atoms with van der Waals surface area (Å²) in [5.41, 5.74) is 0.152. The minimum absolute atomic E-state index is 0.0655. The van der Waals surface area contributed by atoms with Gasteiger partial charge in [0.25, 0.3) is 5.91 Å². The molecule has 0 saturated heterocycles. The second kappa shape index (κ2) is 9.65. The van der Waals surface area contributed by atoms with Crippen LogP contribution in [0, 0.1) is 18.3 Å². The Bertz CT molecular complexity index is 1080. The van der Waals surface area contributed by atoms with E-state index in [9.17, 15) is 19.6 Å². The number of benzene rings is 1. The third kappa shape index (κ3) is 5.23. The normalized spacial score (nSPS) is 15.1. The number of aryl methyl sites for hydroxylation is 1. The average Bonchev–Trinajstić information content (AvgIpc) is 2.77. The molecule has 1 aromatic heterocycles. The molecule has 0 atom stereocenters. The van der Waals surface area contributed by atoms with Crippen molar-refractivity contribution in [3.63, 3.8) is 0 Å². The van der Waals surface area contributed by atoms with Gasteiger partial charge in [0.1, 0.15) is 16.9 Å². The fraction of sp³-hybridized carbons (Fsp3) is 0.478. The van der Waals surface area contributed by atoms with Gasteiger partial charge in [-0.25, -0.2) is 4.79 Å². The zero-order valence-corrected chi connectivity index (χ0v) is 17.8. The molecule has 0 spiro atoms. The van der Waals surface area contributed by atoms with Crippen LogP contribution >= 0.6 is 0 Å². The van der Waals surface area contributed by atoms with Gasteiger partial charge in [-0.3, -0.25) is 9.59 Å². The van der Waals surface area contributed by atoms with Crippen molar-refractivity contribution in [2.75, 3.05) is 13.7 Å². The maximum Gasteiger partial charge on any atom is 0.339 e. The number of rotatable bonds is 7. The van der Waals surface area contributed by atoms with E-state index in [1.807, 2.05) is 0 Å². The van der Waals surface area contributed by atoms with Crippen LogP contribution in [0.5, 0.6) is 5.75 Å². The van der Waals surface area contributed by atoms with Crippen LogP contribution in [-0.2, 0) is 20.7 Å². The summed E-state index contributed by atoms with van der Waals surface area (Å²) >= 11 is 0. The lowest BCUT2D eigenvalue weighted by Crippen LogP contribution is -2.50. The molecule has 0 radical (unpaired) electrons. The van der Waals surface area contributed by atoms with Crippen molar-refractivity contribution in [3.8, 4) is 11.8 Å². The number of esters is 1. The average molecular weight is 426 g/mol. The second-order valence-electron chi connectivity index (χ2n) is 7.82. The van der Waals surface area contributed by atoms with Gasteiger partial charge in [0, 0.05) is 23.4 Å². The molecule has 2 aromatic rings. The van der Waals surface area contributed by atoms with Crippen molar-refractivity contribution in [1.82, 2.24) is 5.32 Å². The Hall–Kier alpha value is -3.34. The Morgan fingerprint density at radius 3 is 2.68 bits per heavy atom. The molecule has 1 fully saturated rings. The third-order valence-corrected chi connectivity index (χ3v) is 5.74. The fourth-order valence-electron chi connectivity index (χ4n) is 3.96. The van der Waals surface area contributed by atoms with Crippen molar-refractivity contribution < 1.29 is 23.5 Å². The number of nitrogens with zero attached hydrogens (tertiary/aromatic N) is 1. The molecule has 0 bridgehead atoms. The lowest BCUT2D eigenvalue weighted by atomic mass is 9.83. The van der Waals surface area contributed by atoms with Gasteiger partial charge in [0.15, 0.2) is 6.61 Å². The van der Waals surface area contributed by atoms with E-state index in [0.717, 1.165) is 30.2 Å². The molecule has 1 heterocycles. The van der Waals surface area contributed by atoms with E-state index in [2.05, 4.69) is 11.4 Å². The van der Waals surface area contributed by atoms with Crippen LogP contribution in [0.4, 0.5) is 0 Å². The Labute approximate surface area is 180 Å². The number of amides is 1. The van der Waals surface area contributed by atoms with Crippen LogP contribution < -0.4 is 15.7 Å². The van der Waals surface area contributed by atoms with Gasteiger partial charge < -0.3 is 19.2 Å². The summed E-state index contributed by atoms with van der Waals surface area (Å²) in [5, 5.41) is 12.9. The van der Waals surface area contributed by atoms with Crippen molar-refractivity contribution >= 4 is 22.8 Å². The molecule has 0 unspecified atom stereocenters. The monoisotopic (exact) mass is 426 g/mol. The Morgan fingerprint density at radius 2 is 2.00 bits per heavy atom. The molecule has 1 amide bonds. The van der Waals surface area contributed by atoms with Gasteiger partial charge in [-0.1, -0.05) is 19.3 Å². The van der Waals surface area contributed by atoms with Gasteiger partial charge in [-0.2, -0.15) is 5.26 Å². The molecule has 164 valence electrons. The first-order chi connectivity index (χ1) is 14.9. The summed E-state index contributed by atoms with van der Waals surface area (Å²) in [5.74, 6) is -0.512. The number of ether oxygens (including phenoxy) is 2. The molecule has 31 heavy (non-hydrogen) atoms. The quantitative estimate of drug-likeness (QED) is 0.534. The first-order valence-electron chi connectivity index (χ1n) is 10.4. The Kier molecular flexibility index (Phi) is 6.95. The fourth-order valence-corrected chi connectivity index (χ4v) is 3.96. The number of carbonyl (C=O) groups is 2. The van der Waals surface area contributed by atoms with E-state index in [0.29, 0.717) is 29.7 Å². The summed E-state index contributed by atoms with van der Waals surface area (Å²) < 4.78 is 15.6. The van der Waals surface area contributed by atoms with E-state index < -0.39 is 29.6 Å². The van der Waals surface area contributed by atoms with E-state index in [1.54, 1.807) is 25.1 Å². The second-order valence-corrected chi connectivity index (χ2v) is 7.82. The third-order valence-electron chi connectivity index (χ3n) is 5.74. The molecular formula is C23H26N2O6. The molecule has 1 N–H and O–H groups in total. The lowest BCUT2D eigenvalue weighted by molar-refractivity contribution is -0.149. The summed E-state index contributed by atoms with van der Waals surface area (Å²) in [6.45, 7) is 1.35.